The van der Waals surface area contributed by atoms with E-state index in [1.54, 1.807) is 6.07 Å². The van der Waals surface area contributed by atoms with Crippen LogP contribution >= 0.6 is 0 Å². The lowest BCUT2D eigenvalue weighted by atomic mass is 9.89. The number of hydrogen-bond donors (Lipinski definition) is 2. The fourth-order valence-corrected chi connectivity index (χ4v) is 2.63. The number of anilines is 1. The molecule has 110 valence electrons. The first-order chi connectivity index (χ1) is 10.2. The lowest BCUT2D eigenvalue weighted by molar-refractivity contribution is -0.00866. The Hall–Kier alpha value is -2.14. The van der Waals surface area contributed by atoms with Crippen LogP contribution in [0.1, 0.15) is 30.3 Å². The summed E-state index contributed by atoms with van der Waals surface area (Å²) in [4.78, 5) is 16.6. The van der Waals surface area contributed by atoms with E-state index in [-0.39, 0.29) is 18.1 Å². The number of benzene rings is 1. The smallest absolute Gasteiger partial charge is 0.270 e. The van der Waals surface area contributed by atoms with Crippen molar-refractivity contribution < 1.29 is 9.53 Å². The van der Waals surface area contributed by atoms with Crippen molar-refractivity contribution >= 4 is 22.5 Å². The maximum atomic E-state index is 12.2. The zero-order chi connectivity index (χ0) is 14.8. The number of nitrogen functional groups attached to an aromatic ring is 1. The van der Waals surface area contributed by atoms with Crippen molar-refractivity contribution in [2.75, 3.05) is 12.3 Å². The standard InChI is InChI=1S/C16H19N3O2/c1-2-21-11-7-10(8-11)18-16(20)15-9-13(17)12-5-3-4-6-14(12)19-15/h3-6,9-11H,2,7-8H2,1H3,(H2,17,19)(H,18,20). The molecule has 2 aromatic rings. The van der Waals surface area contributed by atoms with Crippen LogP contribution < -0.4 is 11.1 Å². The Morgan fingerprint density at radius 3 is 2.95 bits per heavy atom. The molecule has 21 heavy (non-hydrogen) atoms. The zero-order valence-corrected chi connectivity index (χ0v) is 12.0. The predicted molar refractivity (Wildman–Crippen MR) is 82.1 cm³/mol. The minimum absolute atomic E-state index is 0.170. The largest absolute Gasteiger partial charge is 0.398 e. The molecule has 1 fully saturated rings. The molecule has 3 N–H and O–H groups in total. The highest BCUT2D eigenvalue weighted by molar-refractivity contribution is 5.99. The number of aromatic nitrogens is 1. The average Bonchev–Trinajstić information content (AvgIpc) is 2.45. The van der Waals surface area contributed by atoms with Gasteiger partial charge in [-0.15, -0.1) is 0 Å². The van der Waals surface area contributed by atoms with E-state index >= 15 is 0 Å². The predicted octanol–water partition coefficient (Wildman–Crippen LogP) is 2.11. The number of ether oxygens (including phenoxy) is 1. The maximum Gasteiger partial charge on any atom is 0.270 e. The molecular weight excluding hydrogens is 266 g/mol. The number of carbonyl (C=O) groups is 1. The Labute approximate surface area is 123 Å². The number of nitrogens with zero attached hydrogens (tertiary/aromatic N) is 1. The molecule has 1 aliphatic rings. The van der Waals surface area contributed by atoms with Crippen molar-refractivity contribution in [3.63, 3.8) is 0 Å². The molecule has 0 spiro atoms. The monoisotopic (exact) mass is 285 g/mol. The molecule has 1 amide bonds. The molecule has 1 aromatic carbocycles. The van der Waals surface area contributed by atoms with Crippen LogP contribution in [0.5, 0.6) is 0 Å². The topological polar surface area (TPSA) is 77.2 Å². The summed E-state index contributed by atoms with van der Waals surface area (Å²) in [6.07, 6.45) is 2.00. The molecule has 1 saturated carbocycles. The van der Waals surface area contributed by atoms with Crippen molar-refractivity contribution in [2.45, 2.75) is 31.9 Å². The molecule has 0 unspecified atom stereocenters. The maximum absolute atomic E-state index is 12.2. The fourth-order valence-electron chi connectivity index (χ4n) is 2.63. The van der Waals surface area contributed by atoms with Crippen LogP contribution in [0.2, 0.25) is 0 Å². The Bertz CT molecular complexity index is 666. The summed E-state index contributed by atoms with van der Waals surface area (Å²) in [6, 6.07) is 9.35. The van der Waals surface area contributed by atoms with Gasteiger partial charge in [0.2, 0.25) is 0 Å². The van der Waals surface area contributed by atoms with E-state index in [0.29, 0.717) is 18.0 Å². The summed E-state index contributed by atoms with van der Waals surface area (Å²) in [7, 11) is 0. The highest BCUT2D eigenvalue weighted by Crippen LogP contribution is 2.24. The van der Waals surface area contributed by atoms with Crippen molar-refractivity contribution in [3.8, 4) is 0 Å². The van der Waals surface area contributed by atoms with E-state index < -0.39 is 0 Å². The second-order valence-corrected chi connectivity index (χ2v) is 5.33. The van der Waals surface area contributed by atoms with Gasteiger partial charge in [-0.1, -0.05) is 18.2 Å². The summed E-state index contributed by atoms with van der Waals surface area (Å²) in [6.45, 7) is 2.70. The Morgan fingerprint density at radius 1 is 1.43 bits per heavy atom. The molecule has 0 atom stereocenters. The molecule has 5 heteroatoms. The summed E-state index contributed by atoms with van der Waals surface area (Å²) >= 11 is 0. The molecule has 1 aromatic heterocycles. The van der Waals surface area contributed by atoms with E-state index in [2.05, 4.69) is 10.3 Å². The third kappa shape index (κ3) is 2.83. The van der Waals surface area contributed by atoms with Gasteiger partial charge in [0.25, 0.3) is 5.91 Å². The molecule has 5 nitrogen and oxygen atoms in total. The number of hydrogen-bond acceptors (Lipinski definition) is 4. The number of carbonyl (C=O) groups excluding carboxylic acids is 1. The van der Waals surface area contributed by atoms with Gasteiger partial charge in [0.05, 0.1) is 11.6 Å². The van der Waals surface area contributed by atoms with Crippen LogP contribution in [0.25, 0.3) is 10.9 Å². The lowest BCUT2D eigenvalue weighted by Crippen LogP contribution is -2.48. The van der Waals surface area contributed by atoms with E-state index in [9.17, 15) is 4.79 Å². The molecule has 0 saturated heterocycles. The summed E-state index contributed by atoms with van der Waals surface area (Å²) in [5.41, 5.74) is 7.68. The molecule has 1 heterocycles. The average molecular weight is 285 g/mol. The normalized spacial score (nSPS) is 21.0. The number of para-hydroxylation sites is 1. The van der Waals surface area contributed by atoms with Gasteiger partial charge in [-0.2, -0.15) is 0 Å². The number of nitrogens with one attached hydrogen (secondary N) is 1. The van der Waals surface area contributed by atoms with Gasteiger partial charge in [-0.25, -0.2) is 4.98 Å². The molecule has 1 aliphatic carbocycles. The van der Waals surface area contributed by atoms with Gasteiger partial charge < -0.3 is 15.8 Å². The van der Waals surface area contributed by atoms with E-state index in [1.165, 1.54) is 0 Å². The van der Waals surface area contributed by atoms with Crippen LogP contribution in [0.15, 0.2) is 30.3 Å². The molecule has 3 rings (SSSR count). The lowest BCUT2D eigenvalue weighted by Gasteiger charge is -2.35. The molecular formula is C16H19N3O2. The quantitative estimate of drug-likeness (QED) is 0.902. The van der Waals surface area contributed by atoms with Gasteiger partial charge in [-0.3, -0.25) is 4.79 Å². The number of nitrogens with two attached hydrogens (primary N) is 1. The second-order valence-electron chi connectivity index (χ2n) is 5.33. The highest BCUT2D eigenvalue weighted by Gasteiger charge is 2.31. The van der Waals surface area contributed by atoms with Gasteiger partial charge in [-0.05, 0) is 31.9 Å². The van der Waals surface area contributed by atoms with E-state index in [0.717, 1.165) is 23.7 Å². The van der Waals surface area contributed by atoms with Crippen LogP contribution in [0, 0.1) is 0 Å². The van der Waals surface area contributed by atoms with Gasteiger partial charge in [0.15, 0.2) is 0 Å². The van der Waals surface area contributed by atoms with Crippen LogP contribution in [-0.4, -0.2) is 29.6 Å². The number of fused-ring (bicyclic) bond motifs is 1. The van der Waals surface area contributed by atoms with E-state index in [1.807, 2.05) is 31.2 Å². The third-order valence-corrected chi connectivity index (χ3v) is 3.81. The van der Waals surface area contributed by atoms with Crippen molar-refractivity contribution in [2.24, 2.45) is 0 Å². The van der Waals surface area contributed by atoms with Gasteiger partial charge in [0, 0.05) is 23.7 Å². The first kappa shape index (κ1) is 13.8. The first-order valence-electron chi connectivity index (χ1n) is 7.25. The second kappa shape index (κ2) is 5.69. The van der Waals surface area contributed by atoms with E-state index in [4.69, 9.17) is 10.5 Å². The Balaban J connectivity index is 1.71. The minimum atomic E-state index is -0.174. The van der Waals surface area contributed by atoms with Gasteiger partial charge in [0.1, 0.15) is 5.69 Å². The summed E-state index contributed by atoms with van der Waals surface area (Å²) in [5.74, 6) is -0.174. The number of pyridine rings is 1. The zero-order valence-electron chi connectivity index (χ0n) is 12.0. The fraction of sp³-hybridized carbons (Fsp3) is 0.375. The van der Waals surface area contributed by atoms with Crippen molar-refractivity contribution in [1.82, 2.24) is 10.3 Å². The molecule has 0 radical (unpaired) electrons. The SMILES string of the molecule is CCOC1CC(NC(=O)c2cc(N)c3ccccc3n2)C1. The summed E-state index contributed by atoms with van der Waals surface area (Å²) < 4.78 is 5.49. The van der Waals surface area contributed by atoms with Crippen LogP contribution in [-0.2, 0) is 4.74 Å². The minimum Gasteiger partial charge on any atom is -0.398 e. The van der Waals surface area contributed by atoms with Crippen molar-refractivity contribution in [3.05, 3.63) is 36.0 Å². The first-order valence-corrected chi connectivity index (χ1v) is 7.25. The third-order valence-electron chi connectivity index (χ3n) is 3.81. The Kier molecular flexibility index (Phi) is 3.75. The Morgan fingerprint density at radius 2 is 2.19 bits per heavy atom. The summed E-state index contributed by atoms with van der Waals surface area (Å²) in [5, 5.41) is 3.85. The van der Waals surface area contributed by atoms with Gasteiger partial charge >= 0.3 is 0 Å². The number of amides is 1. The van der Waals surface area contributed by atoms with Crippen LogP contribution in [0.4, 0.5) is 5.69 Å². The molecule has 0 aliphatic heterocycles. The van der Waals surface area contributed by atoms with Crippen molar-refractivity contribution in [1.29, 1.82) is 0 Å². The molecule has 0 bridgehead atoms. The van der Waals surface area contributed by atoms with Crippen LogP contribution in [0.3, 0.4) is 0 Å². The number of rotatable bonds is 4. The highest BCUT2D eigenvalue weighted by atomic mass is 16.5.